The van der Waals surface area contributed by atoms with Crippen molar-refractivity contribution in [1.29, 1.82) is 0 Å². The summed E-state index contributed by atoms with van der Waals surface area (Å²) in [5, 5.41) is 6.76. The summed E-state index contributed by atoms with van der Waals surface area (Å²) in [7, 11) is 1.25. The molecule has 31 heavy (non-hydrogen) atoms. The van der Waals surface area contributed by atoms with E-state index in [-0.39, 0.29) is 6.42 Å². The van der Waals surface area contributed by atoms with E-state index >= 15 is 0 Å². The van der Waals surface area contributed by atoms with Gasteiger partial charge in [0.05, 0.1) is 18.4 Å². The Morgan fingerprint density at radius 2 is 1.74 bits per heavy atom. The van der Waals surface area contributed by atoms with E-state index in [0.29, 0.717) is 5.56 Å². The zero-order chi connectivity index (χ0) is 22.2. The normalized spacial score (nSPS) is 11.4. The van der Waals surface area contributed by atoms with Gasteiger partial charge in [0.2, 0.25) is 0 Å². The lowest BCUT2D eigenvalue weighted by molar-refractivity contribution is -0.145. The van der Waals surface area contributed by atoms with Crippen molar-refractivity contribution in [3.63, 3.8) is 0 Å². The largest absolute Gasteiger partial charge is 0.467 e. The Morgan fingerprint density at radius 1 is 1.03 bits per heavy atom. The van der Waals surface area contributed by atoms with Crippen LogP contribution in [0.2, 0.25) is 0 Å². The number of carbonyl (C=O) groups is 3. The van der Waals surface area contributed by atoms with Crippen LogP contribution in [0, 0.1) is 6.92 Å². The molecule has 0 aliphatic rings. The summed E-state index contributed by atoms with van der Waals surface area (Å²) in [6.45, 7) is 1.41. The number of nitrogens with zero attached hydrogens (tertiary/aromatic N) is 2. The van der Waals surface area contributed by atoms with E-state index in [4.69, 9.17) is 9.47 Å². The van der Waals surface area contributed by atoms with Crippen LogP contribution in [-0.4, -0.2) is 47.4 Å². The smallest absolute Gasteiger partial charge is 0.338 e. The third-order valence-corrected chi connectivity index (χ3v) is 4.62. The molecule has 0 bridgehead atoms. The van der Waals surface area contributed by atoms with Crippen LogP contribution in [0.5, 0.6) is 0 Å². The van der Waals surface area contributed by atoms with Crippen molar-refractivity contribution in [2.75, 3.05) is 13.7 Å². The number of aromatic nitrogens is 2. The second kappa shape index (κ2) is 10.2. The van der Waals surface area contributed by atoms with Crippen LogP contribution in [-0.2, 0) is 25.5 Å². The SMILES string of the molecule is COC(=O)C(Cc1ccccc1)NC(=O)COC(=O)c1ccc(-n2nccc2C)cc1. The summed E-state index contributed by atoms with van der Waals surface area (Å²) in [5.41, 5.74) is 2.93. The van der Waals surface area contributed by atoms with E-state index in [1.165, 1.54) is 7.11 Å². The minimum absolute atomic E-state index is 0.265. The van der Waals surface area contributed by atoms with Gasteiger partial charge in [-0.15, -0.1) is 0 Å². The number of nitrogens with one attached hydrogen (secondary N) is 1. The molecule has 1 unspecified atom stereocenters. The van der Waals surface area contributed by atoms with Crippen LogP contribution in [0.4, 0.5) is 0 Å². The van der Waals surface area contributed by atoms with Crippen molar-refractivity contribution in [2.45, 2.75) is 19.4 Å². The first-order valence-electron chi connectivity index (χ1n) is 9.67. The average molecular weight is 421 g/mol. The molecular formula is C23H23N3O5. The van der Waals surface area contributed by atoms with E-state index in [1.807, 2.05) is 43.3 Å². The monoisotopic (exact) mass is 421 g/mol. The molecule has 3 aromatic rings. The zero-order valence-electron chi connectivity index (χ0n) is 17.3. The molecule has 0 saturated carbocycles. The van der Waals surface area contributed by atoms with Gasteiger partial charge >= 0.3 is 11.9 Å². The van der Waals surface area contributed by atoms with E-state index in [2.05, 4.69) is 10.4 Å². The van der Waals surface area contributed by atoms with Gasteiger partial charge < -0.3 is 14.8 Å². The Morgan fingerprint density at radius 3 is 2.35 bits per heavy atom. The summed E-state index contributed by atoms with van der Waals surface area (Å²) in [6, 6.07) is 16.9. The quantitative estimate of drug-likeness (QED) is 0.560. The van der Waals surface area contributed by atoms with Crippen molar-refractivity contribution in [3.8, 4) is 5.69 Å². The molecule has 0 aliphatic heterocycles. The Bertz CT molecular complexity index is 1040. The van der Waals surface area contributed by atoms with Crippen LogP contribution in [0.25, 0.3) is 5.69 Å². The van der Waals surface area contributed by atoms with Crippen molar-refractivity contribution < 1.29 is 23.9 Å². The number of methoxy groups -OCH3 is 1. The highest BCUT2D eigenvalue weighted by molar-refractivity contribution is 5.92. The molecule has 1 N–H and O–H groups in total. The number of rotatable bonds is 8. The third kappa shape index (κ3) is 5.79. The average Bonchev–Trinajstić information content (AvgIpc) is 3.23. The highest BCUT2D eigenvalue weighted by Gasteiger charge is 2.22. The summed E-state index contributed by atoms with van der Waals surface area (Å²) in [5.74, 6) is -1.81. The van der Waals surface area contributed by atoms with Crippen LogP contribution in [0.15, 0.2) is 66.9 Å². The van der Waals surface area contributed by atoms with Crippen LogP contribution < -0.4 is 5.32 Å². The second-order valence-corrected chi connectivity index (χ2v) is 6.84. The van der Waals surface area contributed by atoms with Gasteiger partial charge in [-0.2, -0.15) is 5.10 Å². The zero-order valence-corrected chi connectivity index (χ0v) is 17.3. The number of ether oxygens (including phenoxy) is 2. The van der Waals surface area contributed by atoms with Gasteiger partial charge in [-0.05, 0) is 42.8 Å². The molecule has 1 heterocycles. The number of amides is 1. The van der Waals surface area contributed by atoms with Crippen molar-refractivity contribution in [2.24, 2.45) is 0 Å². The van der Waals surface area contributed by atoms with Gasteiger partial charge in [-0.3, -0.25) is 4.79 Å². The number of carbonyl (C=O) groups excluding carboxylic acids is 3. The fourth-order valence-electron chi connectivity index (χ4n) is 3.01. The van der Waals surface area contributed by atoms with Gasteiger partial charge in [0.1, 0.15) is 6.04 Å². The molecule has 8 nitrogen and oxygen atoms in total. The minimum atomic E-state index is -0.879. The molecule has 8 heteroatoms. The Kier molecular flexibility index (Phi) is 7.16. The molecule has 160 valence electrons. The maximum absolute atomic E-state index is 12.3. The molecule has 1 aromatic heterocycles. The lowest BCUT2D eigenvalue weighted by atomic mass is 10.1. The van der Waals surface area contributed by atoms with Crippen molar-refractivity contribution >= 4 is 17.8 Å². The Hall–Kier alpha value is -3.94. The number of aryl methyl sites for hydroxylation is 1. The Labute approximate surface area is 179 Å². The first-order valence-corrected chi connectivity index (χ1v) is 9.67. The summed E-state index contributed by atoms with van der Waals surface area (Å²) in [6.07, 6.45) is 1.96. The lowest BCUT2D eigenvalue weighted by Gasteiger charge is -2.16. The third-order valence-electron chi connectivity index (χ3n) is 4.62. The molecule has 0 radical (unpaired) electrons. The number of benzene rings is 2. The van der Waals surface area contributed by atoms with Gasteiger partial charge in [0, 0.05) is 18.3 Å². The maximum Gasteiger partial charge on any atom is 0.338 e. The molecule has 2 aromatic carbocycles. The second-order valence-electron chi connectivity index (χ2n) is 6.84. The van der Waals surface area contributed by atoms with Gasteiger partial charge in [-0.25, -0.2) is 14.3 Å². The number of hydrogen-bond acceptors (Lipinski definition) is 6. The summed E-state index contributed by atoms with van der Waals surface area (Å²) < 4.78 is 11.6. The van der Waals surface area contributed by atoms with Crippen LogP contribution in [0.3, 0.4) is 0 Å². The molecule has 1 atom stereocenters. The summed E-state index contributed by atoms with van der Waals surface area (Å²) in [4.78, 5) is 36.5. The summed E-state index contributed by atoms with van der Waals surface area (Å²) >= 11 is 0. The number of hydrogen-bond donors (Lipinski definition) is 1. The molecule has 0 fully saturated rings. The standard InChI is InChI=1S/C23H23N3O5/c1-16-12-13-24-26(16)19-10-8-18(9-11-19)22(28)31-15-21(27)25-20(23(29)30-2)14-17-6-4-3-5-7-17/h3-13,20H,14-15H2,1-2H3,(H,25,27). The van der Waals surface area contributed by atoms with Gasteiger partial charge in [-0.1, -0.05) is 30.3 Å². The topological polar surface area (TPSA) is 99.5 Å². The van der Waals surface area contributed by atoms with E-state index in [1.54, 1.807) is 35.1 Å². The first kappa shape index (κ1) is 21.8. The van der Waals surface area contributed by atoms with E-state index < -0.39 is 30.5 Å². The number of esters is 2. The van der Waals surface area contributed by atoms with Gasteiger partial charge in [0.25, 0.3) is 5.91 Å². The van der Waals surface area contributed by atoms with Gasteiger partial charge in [0.15, 0.2) is 6.61 Å². The van der Waals surface area contributed by atoms with Crippen molar-refractivity contribution in [3.05, 3.63) is 83.7 Å². The maximum atomic E-state index is 12.3. The van der Waals surface area contributed by atoms with Crippen LogP contribution >= 0.6 is 0 Å². The molecule has 3 rings (SSSR count). The first-order chi connectivity index (χ1) is 15.0. The highest BCUT2D eigenvalue weighted by atomic mass is 16.5. The highest BCUT2D eigenvalue weighted by Crippen LogP contribution is 2.12. The molecule has 0 aliphatic carbocycles. The van der Waals surface area contributed by atoms with E-state index in [0.717, 1.165) is 16.9 Å². The fraction of sp³-hybridized carbons (Fsp3) is 0.217. The van der Waals surface area contributed by atoms with E-state index in [9.17, 15) is 14.4 Å². The fourth-order valence-corrected chi connectivity index (χ4v) is 3.01. The molecule has 0 spiro atoms. The molecule has 1 amide bonds. The van der Waals surface area contributed by atoms with Crippen LogP contribution in [0.1, 0.15) is 21.6 Å². The van der Waals surface area contributed by atoms with Crippen molar-refractivity contribution in [1.82, 2.24) is 15.1 Å². The molecule has 0 saturated heterocycles. The molecular weight excluding hydrogens is 398 g/mol. The predicted molar refractivity (Wildman–Crippen MR) is 113 cm³/mol. The lowest BCUT2D eigenvalue weighted by Crippen LogP contribution is -2.44. The predicted octanol–water partition coefficient (Wildman–Crippen LogP) is 2.24. The Balaban J connectivity index is 1.55. The minimum Gasteiger partial charge on any atom is -0.467 e.